The van der Waals surface area contributed by atoms with E-state index in [0.29, 0.717) is 17.4 Å². The summed E-state index contributed by atoms with van der Waals surface area (Å²) in [5.41, 5.74) is 0. The van der Waals surface area contributed by atoms with Crippen LogP contribution in [0, 0.1) is 0 Å². The molecule has 10 heteroatoms. The maximum Gasteiger partial charge on any atom is 0.306 e. The summed E-state index contributed by atoms with van der Waals surface area (Å²) in [7, 11) is 1.19. The highest BCUT2D eigenvalue weighted by Gasteiger charge is 2.22. The number of phosphoric ester groups is 1. The van der Waals surface area contributed by atoms with Gasteiger partial charge in [-0.05, 0) is 51.4 Å². The summed E-state index contributed by atoms with van der Waals surface area (Å²) >= 11 is 0. The van der Waals surface area contributed by atoms with Crippen molar-refractivity contribution in [2.24, 2.45) is 0 Å². The van der Waals surface area contributed by atoms with E-state index in [9.17, 15) is 19.0 Å². The number of esters is 2. The minimum Gasteiger partial charge on any atom is -0.756 e. The van der Waals surface area contributed by atoms with E-state index in [4.69, 9.17) is 18.5 Å². The normalized spacial score (nSPS) is 13.1. The number of phosphoric acid groups is 1. The topological polar surface area (TPSA) is 111 Å². The number of rotatable bonds is 80. The zero-order valence-electron chi connectivity index (χ0n) is 64.4. The van der Waals surface area contributed by atoms with E-state index in [1.54, 1.807) is 0 Å². The first kappa shape index (κ1) is 93.2. The second-order valence-electron chi connectivity index (χ2n) is 30.2. The molecular weight excluding hydrogens is 1190 g/mol. The van der Waals surface area contributed by atoms with Gasteiger partial charge in [0.2, 0.25) is 0 Å². The SMILES string of the molecule is CCCCCCC/C=C\C/C=C\C/C=C\CCCCCCCCCCCCCCCCCCCCCCCCCCC(=O)OC(COC(=O)CCCCCCCCCCCCCCCCCCCCCCCCCCCCCCCCCC)COP(=O)([O-])OCC[N+](C)(C)C. The van der Waals surface area contributed by atoms with Gasteiger partial charge in [0.25, 0.3) is 7.82 Å². The lowest BCUT2D eigenvalue weighted by atomic mass is 10.0. The van der Waals surface area contributed by atoms with Gasteiger partial charge in [0.1, 0.15) is 19.8 Å². The number of hydrogen-bond donors (Lipinski definition) is 0. The fourth-order valence-corrected chi connectivity index (χ4v) is 13.7. The zero-order chi connectivity index (χ0) is 69.0. The minimum atomic E-state index is -4.64. The summed E-state index contributed by atoms with van der Waals surface area (Å²) < 4.78 is 34.5. The van der Waals surface area contributed by atoms with Crippen molar-refractivity contribution in [3.8, 4) is 0 Å². The number of ether oxygens (including phenoxy) is 2. The van der Waals surface area contributed by atoms with Crippen molar-refractivity contribution >= 4 is 19.8 Å². The molecule has 0 aliphatic carbocycles. The van der Waals surface area contributed by atoms with Gasteiger partial charge in [-0.3, -0.25) is 14.2 Å². The molecule has 2 atom stereocenters. The number of carbonyl (C=O) groups excluding carboxylic acids is 2. The molecule has 0 aromatic rings. The lowest BCUT2D eigenvalue weighted by molar-refractivity contribution is -0.870. The van der Waals surface area contributed by atoms with Gasteiger partial charge in [0.05, 0.1) is 27.7 Å². The number of hydrogen-bond acceptors (Lipinski definition) is 8. The third-order valence-electron chi connectivity index (χ3n) is 19.4. The predicted molar refractivity (Wildman–Crippen MR) is 411 cm³/mol. The smallest absolute Gasteiger partial charge is 0.306 e. The standard InChI is InChI=1S/C85H164NO8P/c1-6-8-10-12-14-16-18-20-22-24-26-28-30-32-34-36-38-40-41-42-43-44-45-46-48-50-52-54-56-58-60-62-64-66-68-70-72-74-76-78-85(88)94-83(82-93-95(89,90)92-80-79-86(3,4)5)81-91-84(87)77-75-73-71-69-67-65-63-61-59-57-55-53-51-49-47-39-37-35-33-31-29-27-25-23-21-19-17-15-13-11-9-7-2/h18,20,24,26,30,32,83H,6-17,19,21-23,25,27-29,31,33-82H2,1-5H3/b20-18-,26-24-,32-30-. The Hall–Kier alpha value is -1.77. The number of unbranched alkanes of at least 4 members (excludes halogenated alkanes) is 60. The molecule has 0 bridgehead atoms. The van der Waals surface area contributed by atoms with Crippen molar-refractivity contribution in [2.75, 3.05) is 47.5 Å². The van der Waals surface area contributed by atoms with Crippen LogP contribution in [0.5, 0.6) is 0 Å². The third-order valence-corrected chi connectivity index (χ3v) is 20.4. The van der Waals surface area contributed by atoms with E-state index in [0.717, 1.165) is 44.9 Å². The van der Waals surface area contributed by atoms with Crippen LogP contribution in [0.4, 0.5) is 0 Å². The van der Waals surface area contributed by atoms with Crippen LogP contribution in [-0.2, 0) is 32.7 Å². The summed E-state index contributed by atoms with van der Waals surface area (Å²) in [6, 6.07) is 0. The fraction of sp³-hybridized carbons (Fsp3) is 0.906. The maximum atomic E-state index is 12.9. The summed E-state index contributed by atoms with van der Waals surface area (Å²) in [6.07, 6.45) is 100. The van der Waals surface area contributed by atoms with Gasteiger partial charge in [-0.2, -0.15) is 0 Å². The van der Waals surface area contributed by atoms with Crippen LogP contribution in [0.1, 0.15) is 444 Å². The lowest BCUT2D eigenvalue weighted by Gasteiger charge is -2.28. The zero-order valence-corrected chi connectivity index (χ0v) is 65.3. The van der Waals surface area contributed by atoms with Crippen LogP contribution in [0.15, 0.2) is 36.5 Å². The predicted octanol–water partition coefficient (Wildman–Crippen LogP) is 27.5. The molecule has 0 spiro atoms. The average Bonchev–Trinajstić information content (AvgIpc) is 2.18. The monoisotopic (exact) mass is 1360 g/mol. The molecule has 0 saturated heterocycles. The molecule has 0 aromatic heterocycles. The van der Waals surface area contributed by atoms with E-state index >= 15 is 0 Å². The highest BCUT2D eigenvalue weighted by molar-refractivity contribution is 7.45. The van der Waals surface area contributed by atoms with Crippen molar-refractivity contribution in [2.45, 2.75) is 450 Å². The molecule has 95 heavy (non-hydrogen) atoms. The Bertz CT molecular complexity index is 1690. The summed E-state index contributed by atoms with van der Waals surface area (Å²) in [6.45, 7) is 4.32. The van der Waals surface area contributed by atoms with Gasteiger partial charge in [0.15, 0.2) is 6.10 Å². The number of quaternary nitrogens is 1. The molecule has 0 aliphatic rings. The van der Waals surface area contributed by atoms with Gasteiger partial charge < -0.3 is 27.9 Å². The molecule has 0 heterocycles. The number of allylic oxidation sites excluding steroid dienone is 6. The summed E-state index contributed by atoms with van der Waals surface area (Å²) in [5.74, 6) is -0.804. The van der Waals surface area contributed by atoms with Crippen LogP contribution in [0.2, 0.25) is 0 Å². The molecule has 0 fully saturated rings. The molecular formula is C85H164NO8P. The van der Waals surface area contributed by atoms with Crippen LogP contribution in [-0.4, -0.2) is 70.0 Å². The Morgan fingerprint density at radius 3 is 0.842 bits per heavy atom. The summed E-state index contributed by atoms with van der Waals surface area (Å²) in [5, 5.41) is 0. The largest absolute Gasteiger partial charge is 0.756 e. The molecule has 9 nitrogen and oxygen atoms in total. The minimum absolute atomic E-state index is 0.0266. The molecule has 0 saturated carbocycles. The first-order valence-electron chi connectivity index (χ1n) is 42.2. The fourth-order valence-electron chi connectivity index (χ4n) is 13.0. The molecule has 0 N–H and O–H groups in total. The Balaban J connectivity index is 3.87. The van der Waals surface area contributed by atoms with Gasteiger partial charge in [-0.1, -0.05) is 416 Å². The average molecular weight is 1360 g/mol. The number of likely N-dealkylation sites (N-methyl/N-ethyl adjacent to an activating group) is 1. The van der Waals surface area contributed by atoms with Gasteiger partial charge in [-0.25, -0.2) is 0 Å². The van der Waals surface area contributed by atoms with Gasteiger partial charge in [-0.15, -0.1) is 0 Å². The van der Waals surface area contributed by atoms with Crippen molar-refractivity contribution in [1.29, 1.82) is 0 Å². The van der Waals surface area contributed by atoms with Gasteiger partial charge in [0, 0.05) is 12.8 Å². The molecule has 0 aromatic carbocycles. The van der Waals surface area contributed by atoms with Crippen LogP contribution in [0.25, 0.3) is 0 Å². The van der Waals surface area contributed by atoms with Gasteiger partial charge >= 0.3 is 11.9 Å². The summed E-state index contributed by atoms with van der Waals surface area (Å²) in [4.78, 5) is 38.2. The van der Waals surface area contributed by atoms with E-state index < -0.39 is 26.5 Å². The Morgan fingerprint density at radius 1 is 0.326 bits per heavy atom. The Kier molecular flexibility index (Phi) is 75.0. The molecule has 0 aliphatic heterocycles. The van der Waals surface area contributed by atoms with Crippen molar-refractivity contribution in [1.82, 2.24) is 0 Å². The molecule has 0 radical (unpaired) electrons. The maximum absolute atomic E-state index is 12.9. The second-order valence-corrected chi connectivity index (χ2v) is 31.6. The number of nitrogens with zero attached hydrogens (tertiary/aromatic N) is 1. The highest BCUT2D eigenvalue weighted by Crippen LogP contribution is 2.38. The Morgan fingerprint density at radius 2 is 0.568 bits per heavy atom. The Labute approximate surface area is 592 Å². The van der Waals surface area contributed by atoms with Crippen LogP contribution >= 0.6 is 7.82 Å². The molecule has 0 rings (SSSR count). The van der Waals surface area contributed by atoms with Crippen molar-refractivity contribution in [3.05, 3.63) is 36.5 Å². The number of carbonyl (C=O) groups is 2. The van der Waals surface area contributed by atoms with E-state index in [1.807, 2.05) is 21.1 Å². The molecule has 0 amide bonds. The highest BCUT2D eigenvalue weighted by atomic mass is 31.2. The second kappa shape index (κ2) is 76.4. The van der Waals surface area contributed by atoms with E-state index in [-0.39, 0.29) is 32.0 Å². The molecule has 2 unspecified atom stereocenters. The third kappa shape index (κ3) is 81.1. The molecule has 562 valence electrons. The van der Waals surface area contributed by atoms with E-state index in [1.165, 1.54) is 366 Å². The van der Waals surface area contributed by atoms with Crippen molar-refractivity contribution in [3.63, 3.8) is 0 Å². The first-order valence-corrected chi connectivity index (χ1v) is 43.7. The van der Waals surface area contributed by atoms with E-state index in [2.05, 4.69) is 50.3 Å². The lowest BCUT2D eigenvalue weighted by Crippen LogP contribution is -2.37. The van der Waals surface area contributed by atoms with Crippen LogP contribution < -0.4 is 4.89 Å². The van der Waals surface area contributed by atoms with Crippen LogP contribution in [0.3, 0.4) is 0 Å². The first-order chi connectivity index (χ1) is 46.5. The quantitative estimate of drug-likeness (QED) is 0.0195. The van der Waals surface area contributed by atoms with Crippen molar-refractivity contribution < 1.29 is 42.1 Å².